The number of allylic oxidation sites excluding steroid dienone is 1. The van der Waals surface area contributed by atoms with E-state index < -0.39 is 9.84 Å². The van der Waals surface area contributed by atoms with E-state index in [1.165, 1.54) is 0 Å². The fourth-order valence-corrected chi connectivity index (χ4v) is 3.22. The van der Waals surface area contributed by atoms with E-state index in [1.54, 1.807) is 19.1 Å². The van der Waals surface area contributed by atoms with Crippen molar-refractivity contribution in [3.63, 3.8) is 0 Å². The SMILES string of the molecule is CCS(=O)(=O)c1ccccc1NC1CC=CCC1. The number of sulfone groups is 1. The summed E-state index contributed by atoms with van der Waals surface area (Å²) in [6.07, 6.45) is 7.39. The molecule has 3 nitrogen and oxygen atoms in total. The summed E-state index contributed by atoms with van der Waals surface area (Å²) in [5, 5.41) is 3.36. The van der Waals surface area contributed by atoms with Crippen LogP contribution >= 0.6 is 0 Å². The Morgan fingerprint density at radius 1 is 1.28 bits per heavy atom. The first-order chi connectivity index (χ1) is 8.63. The molecule has 0 fully saturated rings. The molecule has 0 saturated carbocycles. The molecule has 0 radical (unpaired) electrons. The molecular formula is C14H19NO2S. The summed E-state index contributed by atoms with van der Waals surface area (Å²) in [4.78, 5) is 0.419. The smallest absolute Gasteiger partial charge is 0.180 e. The zero-order chi connectivity index (χ0) is 13.0. The highest BCUT2D eigenvalue weighted by molar-refractivity contribution is 7.91. The third kappa shape index (κ3) is 2.93. The van der Waals surface area contributed by atoms with Gasteiger partial charge in [0.25, 0.3) is 0 Å². The number of nitrogens with one attached hydrogen (secondary N) is 1. The van der Waals surface area contributed by atoms with Gasteiger partial charge in [0.2, 0.25) is 0 Å². The average molecular weight is 265 g/mol. The van der Waals surface area contributed by atoms with Gasteiger partial charge in [0.1, 0.15) is 0 Å². The molecule has 1 aliphatic carbocycles. The molecule has 1 aromatic rings. The van der Waals surface area contributed by atoms with E-state index in [1.807, 2.05) is 12.1 Å². The van der Waals surface area contributed by atoms with Crippen molar-refractivity contribution >= 4 is 15.5 Å². The zero-order valence-electron chi connectivity index (χ0n) is 10.6. The molecule has 0 spiro atoms. The minimum atomic E-state index is -3.16. The molecule has 0 aromatic heterocycles. The van der Waals surface area contributed by atoms with Crippen molar-refractivity contribution < 1.29 is 8.42 Å². The second-order valence-electron chi connectivity index (χ2n) is 4.53. The number of hydrogen-bond donors (Lipinski definition) is 1. The molecule has 1 unspecified atom stereocenters. The Balaban J connectivity index is 2.25. The molecule has 0 saturated heterocycles. The van der Waals surface area contributed by atoms with Crippen LogP contribution in [0, 0.1) is 0 Å². The Morgan fingerprint density at radius 3 is 2.72 bits per heavy atom. The van der Waals surface area contributed by atoms with Crippen LogP contribution < -0.4 is 5.32 Å². The molecule has 0 heterocycles. The van der Waals surface area contributed by atoms with Crippen LogP contribution in [-0.2, 0) is 9.84 Å². The predicted octanol–water partition coefficient (Wildman–Crippen LogP) is 3.00. The van der Waals surface area contributed by atoms with Gasteiger partial charge in [-0.25, -0.2) is 8.42 Å². The molecule has 1 aromatic carbocycles. The summed E-state index contributed by atoms with van der Waals surface area (Å²) in [6.45, 7) is 1.68. The lowest BCUT2D eigenvalue weighted by Crippen LogP contribution is -2.21. The van der Waals surface area contributed by atoms with Crippen molar-refractivity contribution in [1.29, 1.82) is 0 Å². The molecule has 1 aliphatic rings. The van der Waals surface area contributed by atoms with E-state index in [4.69, 9.17) is 0 Å². The van der Waals surface area contributed by atoms with Crippen LogP contribution in [0.15, 0.2) is 41.3 Å². The highest BCUT2D eigenvalue weighted by Crippen LogP contribution is 2.25. The molecule has 2 rings (SSSR count). The van der Waals surface area contributed by atoms with E-state index in [2.05, 4.69) is 17.5 Å². The first-order valence-corrected chi connectivity index (χ1v) is 8.02. The van der Waals surface area contributed by atoms with Gasteiger partial charge < -0.3 is 5.32 Å². The Bertz CT molecular complexity index is 534. The van der Waals surface area contributed by atoms with Gasteiger partial charge in [-0.1, -0.05) is 31.2 Å². The fraction of sp³-hybridized carbons (Fsp3) is 0.429. The lowest BCUT2D eigenvalue weighted by molar-refractivity contribution is 0.596. The second-order valence-corrected chi connectivity index (χ2v) is 6.77. The number of hydrogen-bond acceptors (Lipinski definition) is 3. The van der Waals surface area contributed by atoms with Crippen molar-refractivity contribution in [3.8, 4) is 0 Å². The van der Waals surface area contributed by atoms with Crippen LogP contribution in [0.1, 0.15) is 26.2 Å². The minimum Gasteiger partial charge on any atom is -0.381 e. The average Bonchev–Trinajstić information content (AvgIpc) is 2.40. The zero-order valence-corrected chi connectivity index (χ0v) is 11.4. The van der Waals surface area contributed by atoms with Gasteiger partial charge in [-0.15, -0.1) is 0 Å². The van der Waals surface area contributed by atoms with Crippen molar-refractivity contribution in [1.82, 2.24) is 0 Å². The molecule has 0 amide bonds. The summed E-state index contributed by atoms with van der Waals surface area (Å²) in [5.74, 6) is 0.135. The van der Waals surface area contributed by atoms with Gasteiger partial charge in [0.15, 0.2) is 9.84 Å². The molecule has 1 atom stereocenters. The molecular weight excluding hydrogens is 246 g/mol. The Kier molecular flexibility index (Phi) is 4.07. The van der Waals surface area contributed by atoms with E-state index in [-0.39, 0.29) is 5.75 Å². The molecule has 1 N–H and O–H groups in total. The van der Waals surface area contributed by atoms with Crippen LogP contribution in [0.5, 0.6) is 0 Å². The summed E-state index contributed by atoms with van der Waals surface area (Å²) >= 11 is 0. The fourth-order valence-electron chi connectivity index (χ4n) is 2.16. The van der Waals surface area contributed by atoms with Gasteiger partial charge in [0.05, 0.1) is 16.3 Å². The van der Waals surface area contributed by atoms with Gasteiger partial charge in [-0.05, 0) is 31.4 Å². The predicted molar refractivity (Wildman–Crippen MR) is 74.6 cm³/mol. The first-order valence-electron chi connectivity index (χ1n) is 6.37. The highest BCUT2D eigenvalue weighted by atomic mass is 32.2. The quantitative estimate of drug-likeness (QED) is 0.851. The van der Waals surface area contributed by atoms with Crippen molar-refractivity contribution in [2.24, 2.45) is 0 Å². The number of rotatable bonds is 4. The third-order valence-electron chi connectivity index (χ3n) is 3.23. The lowest BCUT2D eigenvalue weighted by Gasteiger charge is -2.22. The molecule has 0 bridgehead atoms. The summed E-state index contributed by atoms with van der Waals surface area (Å²) in [5.41, 5.74) is 0.736. The number of anilines is 1. The Labute approximate surface area is 109 Å². The maximum atomic E-state index is 12.0. The monoisotopic (exact) mass is 265 g/mol. The van der Waals surface area contributed by atoms with Crippen LogP contribution in [0.3, 0.4) is 0 Å². The standard InChI is InChI=1S/C14H19NO2S/c1-2-18(16,17)14-11-7-6-10-13(14)15-12-8-4-3-5-9-12/h3-4,6-7,10-12,15H,2,5,8-9H2,1H3. The topological polar surface area (TPSA) is 46.2 Å². The van der Waals surface area contributed by atoms with Crippen molar-refractivity contribution in [3.05, 3.63) is 36.4 Å². The van der Waals surface area contributed by atoms with E-state index >= 15 is 0 Å². The largest absolute Gasteiger partial charge is 0.381 e. The number of para-hydroxylation sites is 1. The number of benzene rings is 1. The second kappa shape index (κ2) is 5.57. The van der Waals surface area contributed by atoms with Crippen LogP contribution in [0.2, 0.25) is 0 Å². The Morgan fingerprint density at radius 2 is 2.06 bits per heavy atom. The molecule has 0 aliphatic heterocycles. The van der Waals surface area contributed by atoms with Gasteiger partial charge in [-0.3, -0.25) is 0 Å². The first kappa shape index (κ1) is 13.1. The van der Waals surface area contributed by atoms with Gasteiger partial charge >= 0.3 is 0 Å². The van der Waals surface area contributed by atoms with Gasteiger partial charge in [0, 0.05) is 6.04 Å². The maximum absolute atomic E-state index is 12.0. The maximum Gasteiger partial charge on any atom is 0.180 e. The van der Waals surface area contributed by atoms with E-state index in [0.717, 1.165) is 24.9 Å². The van der Waals surface area contributed by atoms with Crippen LogP contribution in [0.25, 0.3) is 0 Å². The van der Waals surface area contributed by atoms with Crippen LogP contribution in [0.4, 0.5) is 5.69 Å². The third-order valence-corrected chi connectivity index (χ3v) is 5.02. The summed E-state index contributed by atoms with van der Waals surface area (Å²) in [6, 6.07) is 7.51. The molecule has 98 valence electrons. The molecule has 4 heteroatoms. The van der Waals surface area contributed by atoms with Crippen molar-refractivity contribution in [2.45, 2.75) is 37.1 Å². The highest BCUT2D eigenvalue weighted by Gasteiger charge is 2.18. The molecule has 18 heavy (non-hydrogen) atoms. The summed E-state index contributed by atoms with van der Waals surface area (Å²) < 4.78 is 24.0. The van der Waals surface area contributed by atoms with Gasteiger partial charge in [-0.2, -0.15) is 0 Å². The lowest BCUT2D eigenvalue weighted by atomic mass is 10.0. The van der Waals surface area contributed by atoms with E-state index in [9.17, 15) is 8.42 Å². The Hall–Kier alpha value is -1.29. The van der Waals surface area contributed by atoms with Crippen molar-refractivity contribution in [2.75, 3.05) is 11.1 Å². The normalized spacial score (nSPS) is 19.7. The van der Waals surface area contributed by atoms with Crippen LogP contribution in [-0.4, -0.2) is 20.2 Å². The van der Waals surface area contributed by atoms with E-state index in [0.29, 0.717) is 10.9 Å². The summed E-state index contributed by atoms with van der Waals surface area (Å²) in [7, 11) is -3.16. The minimum absolute atomic E-state index is 0.135.